The first-order valence-corrected chi connectivity index (χ1v) is 3.60. The molecule has 0 fully saturated rings. The maximum atomic E-state index is 8.22. The van der Waals surface area contributed by atoms with Gasteiger partial charge in [0.2, 0.25) is 0 Å². The lowest BCUT2D eigenvalue weighted by Gasteiger charge is -1.90. The van der Waals surface area contributed by atoms with Crippen molar-refractivity contribution in [1.29, 1.82) is 0 Å². The number of hydrogen-bond acceptors (Lipinski definition) is 2. The monoisotopic (exact) mass is 162 g/mol. The van der Waals surface area contributed by atoms with E-state index in [9.17, 15) is 0 Å². The molecule has 62 valence electrons. The summed E-state index contributed by atoms with van der Waals surface area (Å²) >= 11 is 0. The molecule has 0 heterocycles. The predicted octanol–water partition coefficient (Wildman–Crippen LogP) is 2.70. The lowest BCUT2D eigenvalue weighted by atomic mass is 10.2. The molecule has 0 spiro atoms. The fourth-order valence-electron chi connectivity index (χ4n) is 0.762. The molecule has 0 aliphatic rings. The van der Waals surface area contributed by atoms with Crippen LogP contribution in [-0.2, 0) is 4.74 Å². The van der Waals surface area contributed by atoms with Gasteiger partial charge < -0.3 is 9.84 Å². The summed E-state index contributed by atoms with van der Waals surface area (Å²) in [5.41, 5.74) is 1.06. The topological polar surface area (TPSA) is 29.5 Å². The molecule has 2 heteroatoms. The van der Waals surface area contributed by atoms with Crippen LogP contribution in [0.3, 0.4) is 0 Å². The smallest absolute Gasteiger partial charge is 0.124 e. The first-order chi connectivity index (χ1) is 5.93. The minimum Gasteiger partial charge on any atom is -0.512 e. The highest BCUT2D eigenvalue weighted by Gasteiger charge is 1.80. The molecular weight excluding hydrogens is 152 g/mol. The van der Waals surface area contributed by atoms with E-state index in [2.05, 4.69) is 0 Å². The molecule has 0 saturated heterocycles. The van der Waals surface area contributed by atoms with Crippen LogP contribution in [0, 0.1) is 0 Å². The van der Waals surface area contributed by atoms with Crippen molar-refractivity contribution < 1.29 is 9.84 Å². The average Bonchev–Trinajstić information content (AvgIpc) is 2.14. The molecule has 0 unspecified atom stereocenters. The number of aliphatic hydroxyl groups is 1. The highest BCUT2D eigenvalue weighted by molar-refractivity contribution is 5.47. The Morgan fingerprint density at radius 2 is 1.83 bits per heavy atom. The first kappa shape index (κ1) is 8.40. The molecule has 12 heavy (non-hydrogen) atoms. The molecule has 1 rings (SSSR count). The van der Waals surface area contributed by atoms with Crippen molar-refractivity contribution in [3.05, 3.63) is 54.7 Å². The third kappa shape index (κ3) is 2.92. The third-order valence-corrected chi connectivity index (χ3v) is 1.28. The van der Waals surface area contributed by atoms with Gasteiger partial charge in [-0.05, 0) is 11.6 Å². The Morgan fingerprint density at radius 3 is 2.50 bits per heavy atom. The molecule has 0 saturated carbocycles. The van der Waals surface area contributed by atoms with Gasteiger partial charge in [0.1, 0.15) is 12.5 Å². The highest BCUT2D eigenvalue weighted by atomic mass is 16.5. The van der Waals surface area contributed by atoms with E-state index in [1.807, 2.05) is 30.3 Å². The molecule has 0 bridgehead atoms. The maximum absolute atomic E-state index is 8.22. The van der Waals surface area contributed by atoms with E-state index in [0.717, 1.165) is 11.8 Å². The Kier molecular flexibility index (Phi) is 3.51. The second kappa shape index (κ2) is 5.02. The summed E-state index contributed by atoms with van der Waals surface area (Å²) in [4.78, 5) is 0. The molecule has 0 aliphatic carbocycles. The third-order valence-electron chi connectivity index (χ3n) is 1.28. The lowest BCUT2D eigenvalue weighted by Crippen LogP contribution is -1.69. The van der Waals surface area contributed by atoms with E-state index < -0.39 is 0 Å². The summed E-state index contributed by atoms with van der Waals surface area (Å²) in [6.07, 6.45) is 5.34. The van der Waals surface area contributed by atoms with Crippen LogP contribution in [0.2, 0.25) is 0 Å². The van der Waals surface area contributed by atoms with E-state index in [4.69, 9.17) is 9.84 Å². The maximum Gasteiger partial charge on any atom is 0.124 e. The molecule has 0 aromatic heterocycles. The summed E-state index contributed by atoms with van der Waals surface area (Å²) < 4.78 is 4.78. The summed E-state index contributed by atoms with van der Waals surface area (Å²) in [6, 6.07) is 9.76. The van der Waals surface area contributed by atoms with E-state index in [1.165, 1.54) is 12.5 Å². The average molecular weight is 162 g/mol. The molecule has 0 amide bonds. The zero-order valence-electron chi connectivity index (χ0n) is 6.55. The SMILES string of the molecule is OC=COC=Cc1ccccc1. The Hall–Kier alpha value is -1.70. The fraction of sp³-hybridized carbons (Fsp3) is 0. The van der Waals surface area contributed by atoms with Gasteiger partial charge in [-0.2, -0.15) is 0 Å². The van der Waals surface area contributed by atoms with Gasteiger partial charge in [0.15, 0.2) is 0 Å². The molecule has 1 N–H and O–H groups in total. The largest absolute Gasteiger partial charge is 0.512 e. The van der Waals surface area contributed by atoms with E-state index in [-0.39, 0.29) is 0 Å². The molecular formula is C10H10O2. The van der Waals surface area contributed by atoms with E-state index >= 15 is 0 Å². The summed E-state index contributed by atoms with van der Waals surface area (Å²) in [5, 5.41) is 8.22. The Labute approximate surface area is 71.4 Å². The molecule has 1 aromatic rings. The van der Waals surface area contributed by atoms with Gasteiger partial charge in [0.25, 0.3) is 0 Å². The van der Waals surface area contributed by atoms with Crippen molar-refractivity contribution in [3.63, 3.8) is 0 Å². The van der Waals surface area contributed by atoms with E-state index in [0.29, 0.717) is 0 Å². The normalized spacial score (nSPS) is 11.0. The number of benzene rings is 1. The molecule has 0 radical (unpaired) electrons. The zero-order chi connectivity index (χ0) is 8.65. The Morgan fingerprint density at radius 1 is 1.08 bits per heavy atom. The van der Waals surface area contributed by atoms with Crippen LogP contribution in [0.1, 0.15) is 5.56 Å². The van der Waals surface area contributed by atoms with Crippen LogP contribution in [0.15, 0.2) is 49.1 Å². The second-order valence-corrected chi connectivity index (χ2v) is 2.13. The minimum atomic E-state index is 0.843. The standard InChI is InChI=1S/C10H10O2/c11-7-9-12-8-6-10-4-2-1-3-5-10/h1-9,11H. The highest BCUT2D eigenvalue weighted by Crippen LogP contribution is 2.00. The van der Waals surface area contributed by atoms with Crippen molar-refractivity contribution in [1.82, 2.24) is 0 Å². The van der Waals surface area contributed by atoms with Crippen molar-refractivity contribution >= 4 is 6.08 Å². The van der Waals surface area contributed by atoms with Crippen LogP contribution in [0.25, 0.3) is 6.08 Å². The van der Waals surface area contributed by atoms with Gasteiger partial charge in [-0.3, -0.25) is 0 Å². The van der Waals surface area contributed by atoms with Gasteiger partial charge in [-0.25, -0.2) is 0 Å². The van der Waals surface area contributed by atoms with Crippen molar-refractivity contribution in [2.45, 2.75) is 0 Å². The van der Waals surface area contributed by atoms with Crippen LogP contribution in [0.4, 0.5) is 0 Å². The Bertz CT molecular complexity index is 262. The number of rotatable bonds is 3. The summed E-state index contributed by atoms with van der Waals surface area (Å²) in [7, 11) is 0. The molecule has 0 atom stereocenters. The second-order valence-electron chi connectivity index (χ2n) is 2.13. The van der Waals surface area contributed by atoms with Gasteiger partial charge >= 0.3 is 0 Å². The van der Waals surface area contributed by atoms with Gasteiger partial charge in [-0.1, -0.05) is 30.3 Å². The zero-order valence-corrected chi connectivity index (χ0v) is 6.55. The minimum absolute atomic E-state index is 0.843. The van der Waals surface area contributed by atoms with Crippen LogP contribution in [-0.4, -0.2) is 5.11 Å². The predicted molar refractivity (Wildman–Crippen MR) is 48.3 cm³/mol. The van der Waals surface area contributed by atoms with E-state index in [1.54, 1.807) is 6.08 Å². The number of aliphatic hydroxyl groups excluding tert-OH is 1. The Balaban J connectivity index is 2.47. The fourth-order valence-corrected chi connectivity index (χ4v) is 0.762. The van der Waals surface area contributed by atoms with Gasteiger partial charge in [-0.15, -0.1) is 0 Å². The molecule has 0 aliphatic heterocycles. The lowest BCUT2D eigenvalue weighted by molar-refractivity contribution is 0.370. The van der Waals surface area contributed by atoms with Crippen molar-refractivity contribution in [3.8, 4) is 0 Å². The summed E-state index contributed by atoms with van der Waals surface area (Å²) in [6.45, 7) is 0. The van der Waals surface area contributed by atoms with Crippen molar-refractivity contribution in [2.75, 3.05) is 0 Å². The van der Waals surface area contributed by atoms with Crippen molar-refractivity contribution in [2.24, 2.45) is 0 Å². The van der Waals surface area contributed by atoms with Crippen LogP contribution >= 0.6 is 0 Å². The van der Waals surface area contributed by atoms with Gasteiger partial charge in [0.05, 0.1) is 6.26 Å². The number of ether oxygens (including phenoxy) is 1. The molecule has 2 nitrogen and oxygen atoms in total. The summed E-state index contributed by atoms with van der Waals surface area (Å²) in [5.74, 6) is 0. The number of hydrogen-bond donors (Lipinski definition) is 1. The van der Waals surface area contributed by atoms with Gasteiger partial charge in [0, 0.05) is 0 Å². The first-order valence-electron chi connectivity index (χ1n) is 3.60. The quantitative estimate of drug-likeness (QED) is 0.692. The van der Waals surface area contributed by atoms with Crippen LogP contribution < -0.4 is 0 Å². The molecule has 1 aromatic carbocycles. The van der Waals surface area contributed by atoms with Crippen LogP contribution in [0.5, 0.6) is 0 Å².